The molecule has 0 aromatic rings. The van der Waals surface area contributed by atoms with Crippen LogP contribution in [0.1, 0.15) is 33.1 Å². The summed E-state index contributed by atoms with van der Waals surface area (Å²) in [5, 5.41) is 8.98. The first-order chi connectivity index (χ1) is 6.57. The predicted octanol–water partition coefficient (Wildman–Crippen LogP) is 0.903. The number of ketones is 1. The minimum atomic E-state index is -0.819. The zero-order valence-electron chi connectivity index (χ0n) is 8.69. The van der Waals surface area contributed by atoms with Crippen LogP contribution in [-0.4, -0.2) is 40.4 Å². The van der Waals surface area contributed by atoms with E-state index in [0.717, 1.165) is 19.4 Å². The molecule has 14 heavy (non-hydrogen) atoms. The fraction of sp³-hybridized carbons (Fsp3) is 0.800. The number of carbonyl (C=O) groups excluding carboxylic acids is 1. The Morgan fingerprint density at radius 2 is 2.21 bits per heavy atom. The van der Waals surface area contributed by atoms with Gasteiger partial charge in [0.15, 0.2) is 0 Å². The Kier molecular flexibility index (Phi) is 3.63. The summed E-state index contributed by atoms with van der Waals surface area (Å²) in [5.74, 6) is -0.733. The highest BCUT2D eigenvalue weighted by atomic mass is 16.4. The molecule has 0 aromatic heterocycles. The summed E-state index contributed by atoms with van der Waals surface area (Å²) in [7, 11) is 0. The van der Waals surface area contributed by atoms with Crippen LogP contribution in [0.4, 0.5) is 0 Å². The van der Waals surface area contributed by atoms with Gasteiger partial charge in [-0.15, -0.1) is 0 Å². The van der Waals surface area contributed by atoms with Gasteiger partial charge in [-0.05, 0) is 32.7 Å². The van der Waals surface area contributed by atoms with Crippen LogP contribution in [0, 0.1) is 0 Å². The third-order valence-corrected chi connectivity index (χ3v) is 2.84. The number of likely N-dealkylation sites (tertiary alicyclic amines) is 1. The molecule has 1 saturated heterocycles. The van der Waals surface area contributed by atoms with Crippen LogP contribution in [0.3, 0.4) is 0 Å². The van der Waals surface area contributed by atoms with Crippen LogP contribution in [0.15, 0.2) is 0 Å². The Morgan fingerprint density at radius 3 is 2.64 bits per heavy atom. The number of nitrogens with zero attached hydrogens (tertiary/aromatic N) is 1. The van der Waals surface area contributed by atoms with Crippen molar-refractivity contribution in [2.75, 3.05) is 6.54 Å². The van der Waals surface area contributed by atoms with Crippen LogP contribution in [0.5, 0.6) is 0 Å². The Hall–Kier alpha value is -0.900. The molecule has 0 aliphatic carbocycles. The van der Waals surface area contributed by atoms with E-state index >= 15 is 0 Å². The van der Waals surface area contributed by atoms with Gasteiger partial charge in [-0.2, -0.15) is 0 Å². The quantitative estimate of drug-likeness (QED) is 0.731. The Balaban J connectivity index is 2.74. The highest BCUT2D eigenvalue weighted by Gasteiger charge is 2.35. The largest absolute Gasteiger partial charge is 0.480 e. The topological polar surface area (TPSA) is 57.6 Å². The van der Waals surface area contributed by atoms with Gasteiger partial charge < -0.3 is 5.11 Å². The lowest BCUT2D eigenvalue weighted by Gasteiger charge is -2.27. The van der Waals surface area contributed by atoms with Crippen molar-refractivity contribution in [2.45, 2.75) is 45.2 Å². The van der Waals surface area contributed by atoms with Crippen molar-refractivity contribution in [1.82, 2.24) is 4.90 Å². The Morgan fingerprint density at radius 1 is 1.57 bits per heavy atom. The van der Waals surface area contributed by atoms with Crippen molar-refractivity contribution in [1.29, 1.82) is 0 Å². The Bertz CT molecular complexity index is 240. The lowest BCUT2D eigenvalue weighted by Crippen LogP contribution is -2.46. The molecular formula is C10H17NO3. The first kappa shape index (κ1) is 11.2. The number of carbonyl (C=O) groups is 2. The van der Waals surface area contributed by atoms with E-state index in [1.807, 2.05) is 11.8 Å². The third kappa shape index (κ3) is 2.12. The molecule has 80 valence electrons. The van der Waals surface area contributed by atoms with Crippen molar-refractivity contribution >= 4 is 11.8 Å². The minimum absolute atomic E-state index is 0.0854. The van der Waals surface area contributed by atoms with Gasteiger partial charge in [0.1, 0.15) is 11.8 Å². The highest BCUT2D eigenvalue weighted by Crippen LogP contribution is 2.22. The second-order valence-corrected chi connectivity index (χ2v) is 3.77. The van der Waals surface area contributed by atoms with Gasteiger partial charge in [-0.3, -0.25) is 14.5 Å². The second kappa shape index (κ2) is 4.55. The second-order valence-electron chi connectivity index (χ2n) is 3.77. The van der Waals surface area contributed by atoms with Crippen molar-refractivity contribution < 1.29 is 14.7 Å². The summed E-state index contributed by atoms with van der Waals surface area (Å²) >= 11 is 0. The van der Waals surface area contributed by atoms with E-state index in [1.54, 1.807) is 0 Å². The van der Waals surface area contributed by atoms with Crippen LogP contribution < -0.4 is 0 Å². The molecule has 0 amide bonds. The fourth-order valence-electron chi connectivity index (χ4n) is 2.15. The van der Waals surface area contributed by atoms with Gasteiger partial charge in [0.05, 0.1) is 6.04 Å². The number of aliphatic carboxylic acids is 1. The van der Waals surface area contributed by atoms with Crippen molar-refractivity contribution in [3.8, 4) is 0 Å². The van der Waals surface area contributed by atoms with Crippen LogP contribution in [0.2, 0.25) is 0 Å². The average molecular weight is 199 g/mol. The van der Waals surface area contributed by atoms with Gasteiger partial charge >= 0.3 is 5.97 Å². The minimum Gasteiger partial charge on any atom is -0.480 e. The van der Waals surface area contributed by atoms with Gasteiger partial charge in [0.2, 0.25) is 0 Å². The zero-order chi connectivity index (χ0) is 10.7. The lowest BCUT2D eigenvalue weighted by atomic mass is 10.1. The van der Waals surface area contributed by atoms with Gasteiger partial charge in [0, 0.05) is 0 Å². The summed E-state index contributed by atoms with van der Waals surface area (Å²) in [6, 6.07) is -0.664. The van der Waals surface area contributed by atoms with E-state index in [-0.39, 0.29) is 11.8 Å². The molecule has 1 aliphatic rings. The molecule has 1 fully saturated rings. The maximum Gasteiger partial charge on any atom is 0.320 e. The summed E-state index contributed by atoms with van der Waals surface area (Å²) in [4.78, 5) is 24.0. The number of carboxylic acid groups (broad SMARTS) is 1. The van der Waals surface area contributed by atoms with E-state index in [1.165, 1.54) is 6.92 Å². The van der Waals surface area contributed by atoms with Crippen molar-refractivity contribution in [3.63, 3.8) is 0 Å². The number of hydrogen-bond donors (Lipinski definition) is 1. The molecule has 2 unspecified atom stereocenters. The van der Waals surface area contributed by atoms with Crippen molar-refractivity contribution in [2.24, 2.45) is 0 Å². The van der Waals surface area contributed by atoms with Gasteiger partial charge in [0.25, 0.3) is 0 Å². The van der Waals surface area contributed by atoms with E-state index in [9.17, 15) is 9.59 Å². The molecule has 0 aromatic carbocycles. The average Bonchev–Trinajstić information content (AvgIpc) is 2.53. The normalized spacial score (nSPS) is 24.9. The molecule has 1 heterocycles. The fourth-order valence-corrected chi connectivity index (χ4v) is 2.15. The smallest absolute Gasteiger partial charge is 0.320 e. The lowest BCUT2D eigenvalue weighted by molar-refractivity contribution is -0.144. The Labute approximate surface area is 83.9 Å². The molecule has 1 rings (SSSR count). The summed E-state index contributed by atoms with van der Waals surface area (Å²) < 4.78 is 0. The summed E-state index contributed by atoms with van der Waals surface area (Å²) in [5.41, 5.74) is 0. The molecular weight excluding hydrogens is 182 g/mol. The first-order valence-corrected chi connectivity index (χ1v) is 5.07. The van der Waals surface area contributed by atoms with E-state index in [0.29, 0.717) is 6.42 Å². The molecule has 0 radical (unpaired) electrons. The highest BCUT2D eigenvalue weighted by molar-refractivity contribution is 5.83. The predicted molar refractivity (Wildman–Crippen MR) is 52.1 cm³/mol. The molecule has 4 heteroatoms. The van der Waals surface area contributed by atoms with Crippen LogP contribution in [0.25, 0.3) is 0 Å². The van der Waals surface area contributed by atoms with Crippen LogP contribution >= 0.6 is 0 Å². The van der Waals surface area contributed by atoms with Crippen molar-refractivity contribution in [3.05, 3.63) is 0 Å². The van der Waals surface area contributed by atoms with Gasteiger partial charge in [-0.1, -0.05) is 6.92 Å². The maximum absolute atomic E-state index is 11.3. The molecule has 4 nitrogen and oxygen atoms in total. The van der Waals surface area contributed by atoms with Gasteiger partial charge in [-0.25, -0.2) is 0 Å². The van der Waals surface area contributed by atoms with E-state index < -0.39 is 12.0 Å². The van der Waals surface area contributed by atoms with E-state index in [2.05, 4.69) is 0 Å². The molecule has 1 aliphatic heterocycles. The third-order valence-electron chi connectivity index (χ3n) is 2.84. The molecule has 1 N–H and O–H groups in total. The molecule has 0 saturated carbocycles. The van der Waals surface area contributed by atoms with E-state index in [4.69, 9.17) is 5.11 Å². The first-order valence-electron chi connectivity index (χ1n) is 5.07. The SMILES string of the molecule is CCC(C(=O)O)N1CCCC1C(C)=O. The molecule has 0 bridgehead atoms. The summed E-state index contributed by atoms with van der Waals surface area (Å²) in [6.07, 6.45) is 2.28. The number of rotatable bonds is 4. The zero-order valence-corrected chi connectivity index (χ0v) is 8.69. The molecule has 2 atom stereocenters. The standard InChI is InChI=1S/C10H17NO3/c1-3-8(10(13)14)11-6-4-5-9(11)7(2)12/h8-9H,3-6H2,1-2H3,(H,13,14). The van der Waals surface area contributed by atoms with Crippen LogP contribution in [-0.2, 0) is 9.59 Å². The monoisotopic (exact) mass is 199 g/mol. The molecule has 0 spiro atoms. The maximum atomic E-state index is 11.3. The number of carboxylic acids is 1. The summed E-state index contributed by atoms with van der Waals surface area (Å²) in [6.45, 7) is 4.11. The number of Topliss-reactive ketones (excluding diaryl/α,β-unsaturated/α-hetero) is 1. The number of hydrogen-bond acceptors (Lipinski definition) is 3.